The second-order valence-electron chi connectivity index (χ2n) is 13.6. The average Bonchev–Trinajstić information content (AvgIpc) is 4.15. The molecule has 3 N–H and O–H groups in total. The van der Waals surface area contributed by atoms with Gasteiger partial charge in [-0.15, -0.1) is 0 Å². The highest BCUT2D eigenvalue weighted by Crippen LogP contribution is 2.44. The van der Waals surface area contributed by atoms with Crippen molar-refractivity contribution in [1.29, 1.82) is 0 Å². The van der Waals surface area contributed by atoms with Gasteiger partial charge in [0.05, 0.1) is 13.2 Å². The van der Waals surface area contributed by atoms with Crippen LogP contribution in [0.5, 0.6) is 23.0 Å². The first-order valence-corrected chi connectivity index (χ1v) is 21.4. The number of ether oxygens (including phenoxy) is 6. The van der Waals surface area contributed by atoms with Crippen LogP contribution in [-0.2, 0) is 22.8 Å². The van der Waals surface area contributed by atoms with Gasteiger partial charge in [0.25, 0.3) is 0 Å². The fraction of sp³-hybridized carbons (Fsp3) is 0.395. The van der Waals surface area contributed by atoms with Crippen molar-refractivity contribution in [2.24, 2.45) is 5.73 Å². The molecule has 6 rings (SSSR count). The van der Waals surface area contributed by atoms with Gasteiger partial charge in [-0.3, -0.25) is 0 Å². The fourth-order valence-electron chi connectivity index (χ4n) is 6.65. The predicted molar refractivity (Wildman–Crippen MR) is 214 cm³/mol. The zero-order chi connectivity index (χ0) is 40.0. The Balaban J connectivity index is 1.24. The Hall–Kier alpha value is -4.96. The number of carbonyl (C=O) groups excluding carboxylic acids is 2. The molecule has 2 amide bonds. The molecule has 0 aromatic heterocycles. The van der Waals surface area contributed by atoms with Crippen LogP contribution in [0, 0.1) is 0 Å². The topological polar surface area (TPSA) is 162 Å². The number of nitrogens with two attached hydrogens (primary N) is 1. The number of rotatable bonds is 23. The lowest BCUT2D eigenvalue weighted by Gasteiger charge is -2.30. The molecule has 0 radical (unpaired) electrons. The summed E-state index contributed by atoms with van der Waals surface area (Å²) in [5.41, 5.74) is 9.29. The first-order valence-electron chi connectivity index (χ1n) is 19.5. The summed E-state index contributed by atoms with van der Waals surface area (Å²) < 4.78 is 51.2. The molecule has 4 aromatic rings. The zero-order valence-corrected chi connectivity index (χ0v) is 33.7. The van der Waals surface area contributed by atoms with Gasteiger partial charge in [0.15, 0.2) is 0 Å². The molecule has 57 heavy (non-hydrogen) atoms. The van der Waals surface area contributed by atoms with Crippen molar-refractivity contribution in [3.63, 3.8) is 0 Å². The highest BCUT2D eigenvalue weighted by Gasteiger charge is 2.39. The van der Waals surface area contributed by atoms with E-state index in [9.17, 15) is 9.59 Å². The maximum Gasteiger partial charge on any atom is 0.500 e. The Morgan fingerprint density at radius 3 is 1.35 bits per heavy atom. The molecular weight excluding hydrogens is 749 g/mol. The second kappa shape index (κ2) is 20.5. The minimum Gasteiger partial charge on any atom is -0.491 e. The molecule has 304 valence electrons. The summed E-state index contributed by atoms with van der Waals surface area (Å²) in [5, 5.41) is 2.84. The van der Waals surface area contributed by atoms with Gasteiger partial charge < -0.3 is 52.7 Å². The van der Waals surface area contributed by atoms with Crippen LogP contribution in [-0.4, -0.2) is 86.0 Å². The van der Waals surface area contributed by atoms with Gasteiger partial charge in [0.2, 0.25) is 0 Å². The Morgan fingerprint density at radius 1 is 0.632 bits per heavy atom. The maximum atomic E-state index is 12.9. The summed E-state index contributed by atoms with van der Waals surface area (Å²) in [4.78, 5) is 24.4. The lowest BCUT2D eigenvalue weighted by Crippen LogP contribution is -2.46. The minimum absolute atomic E-state index is 0.136. The van der Waals surface area contributed by atoms with Crippen molar-refractivity contribution in [2.75, 3.05) is 52.8 Å². The molecule has 4 aromatic carbocycles. The van der Waals surface area contributed by atoms with Crippen LogP contribution in [0.1, 0.15) is 61.3 Å². The monoisotopic (exact) mass is 800 g/mol. The second-order valence-corrected chi connectivity index (χ2v) is 16.3. The molecule has 0 aliphatic carbocycles. The predicted octanol–water partition coefficient (Wildman–Crippen LogP) is 7.19. The molecular formula is C43H52N2O11Si. The summed E-state index contributed by atoms with van der Waals surface area (Å²) in [6.45, 7) is 10.0. The van der Waals surface area contributed by atoms with Crippen LogP contribution in [0.25, 0.3) is 0 Å². The van der Waals surface area contributed by atoms with Crippen molar-refractivity contribution in [1.82, 2.24) is 5.32 Å². The minimum atomic E-state index is -2.81. The first kappa shape index (κ1) is 41.7. The van der Waals surface area contributed by atoms with E-state index in [1.807, 2.05) is 69.3 Å². The summed E-state index contributed by atoms with van der Waals surface area (Å²) in [7, 11) is -2.81. The lowest BCUT2D eigenvalue weighted by atomic mass is 9.73. The van der Waals surface area contributed by atoms with E-state index in [0.29, 0.717) is 76.8 Å². The van der Waals surface area contributed by atoms with Gasteiger partial charge in [-0.1, -0.05) is 48.5 Å². The molecule has 0 bridgehead atoms. The Bertz CT molecular complexity index is 1840. The quantitative estimate of drug-likeness (QED) is 0.0444. The third-order valence-corrected chi connectivity index (χ3v) is 12.6. The summed E-state index contributed by atoms with van der Waals surface area (Å²) in [6.07, 6.45) is -0.561. The van der Waals surface area contributed by atoms with Gasteiger partial charge >= 0.3 is 21.0 Å². The molecule has 2 aliphatic heterocycles. The van der Waals surface area contributed by atoms with Crippen molar-refractivity contribution >= 4 is 21.0 Å². The third kappa shape index (κ3) is 12.5. The number of amides is 2. The normalized spacial score (nSPS) is 16.9. The van der Waals surface area contributed by atoms with Gasteiger partial charge in [0, 0.05) is 44.2 Å². The van der Waals surface area contributed by atoms with Crippen LogP contribution in [0.4, 0.5) is 9.59 Å². The molecule has 0 saturated carbocycles. The van der Waals surface area contributed by atoms with Crippen LogP contribution < -0.4 is 30.0 Å². The number of primary amides is 1. The summed E-state index contributed by atoms with van der Waals surface area (Å²) >= 11 is 0. The average molecular weight is 801 g/mol. The highest BCUT2D eigenvalue weighted by molar-refractivity contribution is 6.60. The Labute approximate surface area is 335 Å². The smallest absolute Gasteiger partial charge is 0.491 e. The van der Waals surface area contributed by atoms with Crippen LogP contribution in [0.2, 0.25) is 6.04 Å². The number of carbonyl (C=O) groups is 2. The fourth-order valence-corrected chi connectivity index (χ4v) is 9.26. The van der Waals surface area contributed by atoms with Gasteiger partial charge in [-0.2, -0.15) is 0 Å². The van der Waals surface area contributed by atoms with E-state index in [2.05, 4.69) is 29.6 Å². The van der Waals surface area contributed by atoms with Gasteiger partial charge in [0.1, 0.15) is 48.4 Å². The molecule has 4 atom stereocenters. The van der Waals surface area contributed by atoms with Crippen LogP contribution in [0.15, 0.2) is 97.1 Å². The van der Waals surface area contributed by atoms with E-state index in [4.69, 9.17) is 47.4 Å². The lowest BCUT2D eigenvalue weighted by molar-refractivity contribution is 0.0707. The van der Waals surface area contributed by atoms with E-state index in [-0.39, 0.29) is 24.0 Å². The summed E-state index contributed by atoms with van der Waals surface area (Å²) in [6, 6.07) is 31.6. The molecule has 0 spiro atoms. The molecule has 2 fully saturated rings. The van der Waals surface area contributed by atoms with Crippen molar-refractivity contribution < 1.29 is 51.3 Å². The van der Waals surface area contributed by atoms with E-state index >= 15 is 0 Å². The molecule has 2 heterocycles. The highest BCUT2D eigenvalue weighted by atomic mass is 28.4. The van der Waals surface area contributed by atoms with Crippen molar-refractivity contribution in [3.05, 3.63) is 119 Å². The Kier molecular flexibility index (Phi) is 15.0. The summed E-state index contributed by atoms with van der Waals surface area (Å²) in [5.74, 6) is 1.77. The molecule has 4 unspecified atom stereocenters. The van der Waals surface area contributed by atoms with Crippen LogP contribution >= 0.6 is 0 Å². The molecule has 13 nitrogen and oxygen atoms in total. The Morgan fingerprint density at radius 2 is 1.00 bits per heavy atom. The third-order valence-electron chi connectivity index (χ3n) is 9.42. The maximum absolute atomic E-state index is 12.9. The standard InChI is InChI=1S/C43H52N2O11Si/c1-4-52-57(53-5-2,54-6-3)25-7-24-45-43(47)56-37-22-14-33(15-23-37)41(31-10-18-35(19-11-31)49-27-39-29-51-39)40(32-12-20-36(21-13-32)55-42(44)46)30-8-16-34(17-9-30)48-26-38-28-50-38/h8-23,38-41H,4-7,24-29H2,1-3H3,(H2,44,46)(H,45,47). The van der Waals surface area contributed by atoms with Gasteiger partial charge in [-0.05, 0) is 98.0 Å². The van der Waals surface area contributed by atoms with E-state index in [0.717, 1.165) is 33.8 Å². The van der Waals surface area contributed by atoms with Crippen LogP contribution in [0.3, 0.4) is 0 Å². The zero-order valence-electron chi connectivity index (χ0n) is 32.7. The van der Waals surface area contributed by atoms with Gasteiger partial charge in [-0.25, -0.2) is 9.59 Å². The van der Waals surface area contributed by atoms with Crippen molar-refractivity contribution in [2.45, 2.75) is 57.3 Å². The van der Waals surface area contributed by atoms with Crippen molar-refractivity contribution in [3.8, 4) is 23.0 Å². The van der Waals surface area contributed by atoms with E-state index in [1.165, 1.54) is 0 Å². The number of benzene rings is 4. The largest absolute Gasteiger partial charge is 0.500 e. The van der Waals surface area contributed by atoms with E-state index < -0.39 is 21.0 Å². The molecule has 2 saturated heterocycles. The van der Waals surface area contributed by atoms with E-state index in [1.54, 1.807) is 24.3 Å². The molecule has 2 aliphatic rings. The first-order chi connectivity index (χ1) is 27.8. The SMILES string of the molecule is CCO[Si](CCCNC(=O)Oc1ccc(C(c2ccc(OCC3CO3)cc2)C(c2ccc(OCC3CO3)cc2)c2ccc(OC(N)=O)cc2)cc1)(OCC)OCC. The number of epoxide rings is 2. The number of nitrogens with one attached hydrogen (secondary N) is 1. The number of hydrogen-bond donors (Lipinski definition) is 2. The number of hydrogen-bond acceptors (Lipinski definition) is 11. The molecule has 14 heteroatoms.